The summed E-state index contributed by atoms with van der Waals surface area (Å²) >= 11 is 0. The van der Waals surface area contributed by atoms with Crippen molar-refractivity contribution < 1.29 is 19.4 Å². The number of hydrogen-bond donors (Lipinski definition) is 1. The van der Waals surface area contributed by atoms with Crippen LogP contribution in [0.4, 0.5) is 0 Å². The van der Waals surface area contributed by atoms with Crippen LogP contribution in [0.3, 0.4) is 0 Å². The molecule has 0 saturated carbocycles. The zero-order chi connectivity index (χ0) is 27.9. The first-order valence-corrected chi connectivity index (χ1v) is 14.3. The molecule has 212 valence electrons. The molecule has 1 N–H and O–H groups in total. The first-order valence-electron chi connectivity index (χ1n) is 14.3. The number of unbranched alkanes of at least 4 members (excludes halogenated alkanes) is 1. The van der Waals surface area contributed by atoms with Gasteiger partial charge in [0.25, 0.3) is 0 Å². The third-order valence-corrected chi connectivity index (χ3v) is 8.03. The second-order valence-electron chi connectivity index (χ2n) is 12.0. The standard InChI is InChI=1S/C31H49N3O4/c1-7-9-16-33(17-10-15-32(5)6)28(35)22-34-21-25(23-11-12-27-24(19-23)13-18-38-27)29(30(36)37)26(34)20-31(3,4)14-8-2/h8,11-12,14,19,25-26,29H,7,9-10,13,15-18,20-22H2,1-6H3,(H,36,37)/b14-8+/t25-,26+,29-/m1/s1. The van der Waals surface area contributed by atoms with Crippen molar-refractivity contribution in [2.75, 3.05) is 53.4 Å². The van der Waals surface area contributed by atoms with Crippen LogP contribution in [0.15, 0.2) is 30.4 Å². The highest BCUT2D eigenvalue weighted by Gasteiger charge is 2.48. The molecule has 1 amide bonds. The van der Waals surface area contributed by atoms with Crippen molar-refractivity contribution in [3.8, 4) is 5.75 Å². The monoisotopic (exact) mass is 527 g/mol. The second-order valence-corrected chi connectivity index (χ2v) is 12.0. The Kier molecular flexibility index (Phi) is 10.8. The molecular weight excluding hydrogens is 478 g/mol. The molecule has 0 unspecified atom stereocenters. The van der Waals surface area contributed by atoms with Gasteiger partial charge in [0.2, 0.25) is 5.91 Å². The highest BCUT2D eigenvalue weighted by atomic mass is 16.5. The fraction of sp³-hybridized carbons (Fsp3) is 0.677. The molecule has 2 heterocycles. The third kappa shape index (κ3) is 7.82. The van der Waals surface area contributed by atoms with Gasteiger partial charge in [0.05, 0.1) is 19.1 Å². The predicted octanol–water partition coefficient (Wildman–Crippen LogP) is 4.66. The summed E-state index contributed by atoms with van der Waals surface area (Å²) in [6, 6.07) is 5.92. The van der Waals surface area contributed by atoms with Gasteiger partial charge >= 0.3 is 5.97 Å². The van der Waals surface area contributed by atoms with E-state index in [1.165, 1.54) is 0 Å². The van der Waals surface area contributed by atoms with Gasteiger partial charge in [0.15, 0.2) is 0 Å². The number of rotatable bonds is 14. The molecule has 0 spiro atoms. The molecular formula is C31H49N3O4. The lowest BCUT2D eigenvalue weighted by molar-refractivity contribution is -0.144. The Bertz CT molecular complexity index is 974. The number of carbonyl (C=O) groups excluding carboxylic acids is 1. The van der Waals surface area contributed by atoms with Crippen LogP contribution in [-0.2, 0) is 16.0 Å². The summed E-state index contributed by atoms with van der Waals surface area (Å²) in [5.41, 5.74) is 2.01. The van der Waals surface area contributed by atoms with E-state index in [2.05, 4.69) is 56.8 Å². The van der Waals surface area contributed by atoms with Gasteiger partial charge in [-0.05, 0) is 69.4 Å². The minimum absolute atomic E-state index is 0.109. The number of allylic oxidation sites excluding steroid dienone is 2. The fourth-order valence-corrected chi connectivity index (χ4v) is 6.14. The molecule has 1 aromatic carbocycles. The number of benzene rings is 1. The van der Waals surface area contributed by atoms with Crippen LogP contribution in [0, 0.1) is 11.3 Å². The number of hydrogen-bond acceptors (Lipinski definition) is 5. The summed E-state index contributed by atoms with van der Waals surface area (Å²) in [5, 5.41) is 10.5. The molecule has 7 nitrogen and oxygen atoms in total. The molecule has 38 heavy (non-hydrogen) atoms. The van der Waals surface area contributed by atoms with Crippen LogP contribution >= 0.6 is 0 Å². The first-order chi connectivity index (χ1) is 18.1. The summed E-state index contributed by atoms with van der Waals surface area (Å²) in [6.45, 7) is 12.4. The number of aliphatic carboxylic acids is 1. The average Bonchev–Trinajstić information content (AvgIpc) is 3.44. The Labute approximate surface area is 229 Å². The molecule has 3 rings (SSSR count). The van der Waals surface area contributed by atoms with Crippen molar-refractivity contribution in [1.29, 1.82) is 0 Å². The van der Waals surface area contributed by atoms with Gasteiger partial charge in [-0.3, -0.25) is 14.5 Å². The van der Waals surface area contributed by atoms with Crippen LogP contribution in [0.1, 0.15) is 70.4 Å². The molecule has 0 radical (unpaired) electrons. The Morgan fingerprint density at radius 2 is 1.92 bits per heavy atom. The molecule has 7 heteroatoms. The van der Waals surface area contributed by atoms with E-state index in [1.807, 2.05) is 30.0 Å². The first kappa shape index (κ1) is 30.2. The molecule has 3 atom stereocenters. The number of carboxylic acid groups (broad SMARTS) is 1. The molecule has 1 saturated heterocycles. The summed E-state index contributed by atoms with van der Waals surface area (Å²) in [7, 11) is 4.10. The number of ether oxygens (including phenoxy) is 1. The van der Waals surface area contributed by atoms with Gasteiger partial charge in [-0.2, -0.15) is 0 Å². The summed E-state index contributed by atoms with van der Waals surface area (Å²) in [6.07, 6.45) is 8.66. The Morgan fingerprint density at radius 3 is 2.58 bits per heavy atom. The summed E-state index contributed by atoms with van der Waals surface area (Å²) in [5.74, 6) is -0.517. The largest absolute Gasteiger partial charge is 0.493 e. The maximum Gasteiger partial charge on any atom is 0.308 e. The van der Waals surface area contributed by atoms with Gasteiger partial charge in [-0.25, -0.2) is 0 Å². The zero-order valence-corrected chi connectivity index (χ0v) is 24.4. The Balaban J connectivity index is 1.89. The van der Waals surface area contributed by atoms with Crippen molar-refractivity contribution >= 4 is 11.9 Å². The van der Waals surface area contributed by atoms with Gasteiger partial charge in [0, 0.05) is 38.0 Å². The van der Waals surface area contributed by atoms with Gasteiger partial charge in [-0.15, -0.1) is 0 Å². The van der Waals surface area contributed by atoms with E-state index < -0.39 is 11.9 Å². The van der Waals surface area contributed by atoms with E-state index in [4.69, 9.17) is 4.74 Å². The second kappa shape index (κ2) is 13.6. The van der Waals surface area contributed by atoms with Crippen LogP contribution in [0.2, 0.25) is 0 Å². The van der Waals surface area contributed by atoms with E-state index in [0.717, 1.165) is 62.2 Å². The third-order valence-electron chi connectivity index (χ3n) is 8.03. The lowest BCUT2D eigenvalue weighted by Gasteiger charge is -2.34. The zero-order valence-electron chi connectivity index (χ0n) is 24.4. The van der Waals surface area contributed by atoms with Crippen molar-refractivity contribution in [3.63, 3.8) is 0 Å². The number of amides is 1. The van der Waals surface area contributed by atoms with Gasteiger partial charge in [-0.1, -0.05) is 51.5 Å². The van der Waals surface area contributed by atoms with Crippen molar-refractivity contribution in [3.05, 3.63) is 41.5 Å². The normalized spacial score (nSPS) is 21.7. The van der Waals surface area contributed by atoms with Crippen LogP contribution in [-0.4, -0.2) is 91.2 Å². The topological polar surface area (TPSA) is 73.3 Å². The molecule has 2 aliphatic heterocycles. The summed E-state index contributed by atoms with van der Waals surface area (Å²) in [4.78, 5) is 32.8. The Morgan fingerprint density at radius 1 is 1.18 bits per heavy atom. The number of nitrogens with zero attached hydrogens (tertiary/aromatic N) is 3. The van der Waals surface area contributed by atoms with E-state index in [-0.39, 0.29) is 29.8 Å². The highest BCUT2D eigenvalue weighted by Crippen LogP contribution is 2.43. The predicted molar refractivity (Wildman–Crippen MR) is 153 cm³/mol. The van der Waals surface area contributed by atoms with E-state index in [1.54, 1.807) is 0 Å². The van der Waals surface area contributed by atoms with Crippen LogP contribution < -0.4 is 4.74 Å². The minimum Gasteiger partial charge on any atom is -0.493 e. The van der Waals surface area contributed by atoms with Crippen LogP contribution in [0.5, 0.6) is 5.75 Å². The van der Waals surface area contributed by atoms with Crippen LogP contribution in [0.25, 0.3) is 0 Å². The van der Waals surface area contributed by atoms with Crippen molar-refractivity contribution in [2.24, 2.45) is 11.3 Å². The lowest BCUT2D eigenvalue weighted by Crippen LogP contribution is -2.46. The quantitative estimate of drug-likeness (QED) is 0.355. The maximum atomic E-state index is 13.7. The molecule has 2 aliphatic rings. The SMILES string of the molecule is C/C=C/C(C)(C)C[C@H]1[C@H](C(=O)O)[C@@H](c2ccc3c(c2)CCO3)CN1CC(=O)N(CCCC)CCCN(C)C. The van der Waals surface area contributed by atoms with Crippen molar-refractivity contribution in [1.82, 2.24) is 14.7 Å². The number of fused-ring (bicyclic) bond motifs is 1. The van der Waals surface area contributed by atoms with Crippen molar-refractivity contribution in [2.45, 2.75) is 71.8 Å². The maximum absolute atomic E-state index is 13.7. The minimum atomic E-state index is -0.781. The summed E-state index contributed by atoms with van der Waals surface area (Å²) < 4.78 is 5.70. The fourth-order valence-electron chi connectivity index (χ4n) is 6.14. The molecule has 0 aliphatic carbocycles. The number of likely N-dealkylation sites (tertiary alicyclic amines) is 1. The molecule has 1 fully saturated rings. The Hall–Kier alpha value is -2.38. The molecule has 0 aromatic heterocycles. The lowest BCUT2D eigenvalue weighted by atomic mass is 9.77. The smallest absolute Gasteiger partial charge is 0.308 e. The molecule has 0 bridgehead atoms. The number of carbonyl (C=O) groups is 2. The average molecular weight is 528 g/mol. The van der Waals surface area contributed by atoms with Gasteiger partial charge < -0.3 is 19.6 Å². The number of carboxylic acids is 1. The highest BCUT2D eigenvalue weighted by molar-refractivity contribution is 5.79. The molecule has 1 aromatic rings. The van der Waals surface area contributed by atoms with E-state index in [9.17, 15) is 14.7 Å². The van der Waals surface area contributed by atoms with Gasteiger partial charge in [0.1, 0.15) is 5.75 Å². The van der Waals surface area contributed by atoms with E-state index in [0.29, 0.717) is 19.6 Å². The van der Waals surface area contributed by atoms with E-state index >= 15 is 0 Å².